The first-order valence-corrected chi connectivity index (χ1v) is 8.55. The lowest BCUT2D eigenvalue weighted by Gasteiger charge is -2.36. The number of anilines is 1. The maximum Gasteiger partial charge on any atom is 0.167 e. The number of hydrogen-bond donors (Lipinski definition) is 0. The summed E-state index contributed by atoms with van der Waals surface area (Å²) in [6.45, 7) is 7.79. The molecule has 0 bridgehead atoms. The molecule has 0 amide bonds. The Balaban J connectivity index is 1.76. The van der Waals surface area contributed by atoms with Gasteiger partial charge in [-0.25, -0.2) is 14.4 Å². The van der Waals surface area contributed by atoms with E-state index < -0.39 is 5.82 Å². The molecule has 2 atom stereocenters. The highest BCUT2D eigenvalue weighted by atomic mass is 19.1. The van der Waals surface area contributed by atoms with Crippen molar-refractivity contribution in [1.82, 2.24) is 14.9 Å². The Morgan fingerprint density at radius 2 is 2.00 bits per heavy atom. The van der Waals surface area contributed by atoms with Crippen molar-refractivity contribution in [1.29, 1.82) is 0 Å². The Kier molecular flexibility index (Phi) is 5.34. The SMILES string of the molecule is COc1cc2c(N(C)CCN3C[C@@H](C)O[C@@H](C)C3)ncnc2cc1F. The molecule has 2 heterocycles. The average molecular weight is 348 g/mol. The first kappa shape index (κ1) is 17.8. The molecule has 1 fully saturated rings. The van der Waals surface area contributed by atoms with Crippen LogP contribution in [-0.4, -0.2) is 67.4 Å². The van der Waals surface area contributed by atoms with E-state index >= 15 is 0 Å². The van der Waals surface area contributed by atoms with Crippen LogP contribution in [0.2, 0.25) is 0 Å². The van der Waals surface area contributed by atoms with Gasteiger partial charge in [-0.3, -0.25) is 4.90 Å². The highest BCUT2D eigenvalue weighted by Gasteiger charge is 2.22. The molecule has 0 saturated carbocycles. The third kappa shape index (κ3) is 3.99. The van der Waals surface area contributed by atoms with Crippen molar-refractivity contribution < 1.29 is 13.9 Å². The highest BCUT2D eigenvalue weighted by molar-refractivity contribution is 5.90. The number of methoxy groups -OCH3 is 1. The lowest BCUT2D eigenvalue weighted by molar-refractivity contribution is -0.0670. The highest BCUT2D eigenvalue weighted by Crippen LogP contribution is 2.28. The second-order valence-corrected chi connectivity index (χ2v) is 6.64. The Hall–Kier alpha value is -1.99. The van der Waals surface area contributed by atoms with Gasteiger partial charge >= 0.3 is 0 Å². The minimum Gasteiger partial charge on any atom is -0.494 e. The maximum absolute atomic E-state index is 13.9. The standard InChI is InChI=1S/C18H25FN4O2/c1-12-9-23(10-13(2)25-12)6-5-22(3)18-14-7-17(24-4)15(19)8-16(14)20-11-21-18/h7-8,11-13H,5-6,9-10H2,1-4H3/t12-,13+. The molecule has 7 heteroatoms. The molecule has 1 aromatic carbocycles. The summed E-state index contributed by atoms with van der Waals surface area (Å²) >= 11 is 0. The zero-order chi connectivity index (χ0) is 18.0. The van der Waals surface area contributed by atoms with Crippen molar-refractivity contribution in [2.75, 3.05) is 45.2 Å². The molecule has 6 nitrogen and oxygen atoms in total. The largest absolute Gasteiger partial charge is 0.494 e. The molecule has 1 saturated heterocycles. The molecular weight excluding hydrogens is 323 g/mol. The number of rotatable bonds is 5. The molecule has 1 aliphatic rings. The van der Waals surface area contributed by atoms with Gasteiger partial charge in [0, 0.05) is 44.7 Å². The minimum atomic E-state index is -0.418. The quantitative estimate of drug-likeness (QED) is 0.827. The summed E-state index contributed by atoms with van der Waals surface area (Å²) < 4.78 is 24.8. The van der Waals surface area contributed by atoms with Crippen LogP contribution in [0.1, 0.15) is 13.8 Å². The fourth-order valence-electron chi connectivity index (χ4n) is 3.37. The zero-order valence-corrected chi connectivity index (χ0v) is 15.2. The number of morpholine rings is 1. The molecule has 0 unspecified atom stereocenters. The fraction of sp³-hybridized carbons (Fsp3) is 0.556. The number of hydrogen-bond acceptors (Lipinski definition) is 6. The van der Waals surface area contributed by atoms with E-state index in [1.165, 1.54) is 19.5 Å². The van der Waals surface area contributed by atoms with Gasteiger partial charge in [0.05, 0.1) is 24.8 Å². The van der Waals surface area contributed by atoms with Crippen molar-refractivity contribution in [2.24, 2.45) is 0 Å². The number of halogens is 1. The van der Waals surface area contributed by atoms with E-state index in [9.17, 15) is 4.39 Å². The van der Waals surface area contributed by atoms with Gasteiger partial charge in [0.1, 0.15) is 12.1 Å². The van der Waals surface area contributed by atoms with E-state index in [1.807, 2.05) is 7.05 Å². The molecule has 2 aromatic rings. The van der Waals surface area contributed by atoms with Gasteiger partial charge in [0.15, 0.2) is 11.6 Å². The zero-order valence-electron chi connectivity index (χ0n) is 15.2. The summed E-state index contributed by atoms with van der Waals surface area (Å²) in [6, 6.07) is 3.05. The minimum absolute atomic E-state index is 0.202. The van der Waals surface area contributed by atoms with Gasteiger partial charge in [0.2, 0.25) is 0 Å². The Bertz CT molecular complexity index is 732. The predicted molar refractivity (Wildman–Crippen MR) is 95.8 cm³/mol. The fourth-order valence-corrected chi connectivity index (χ4v) is 3.37. The van der Waals surface area contributed by atoms with Crippen LogP contribution >= 0.6 is 0 Å². The lowest BCUT2D eigenvalue weighted by atomic mass is 10.2. The number of aromatic nitrogens is 2. The van der Waals surface area contributed by atoms with Crippen molar-refractivity contribution >= 4 is 16.7 Å². The molecule has 0 aliphatic carbocycles. The molecule has 0 N–H and O–H groups in total. The van der Waals surface area contributed by atoms with Gasteiger partial charge in [0.25, 0.3) is 0 Å². The van der Waals surface area contributed by atoms with E-state index in [4.69, 9.17) is 9.47 Å². The van der Waals surface area contributed by atoms with Gasteiger partial charge in [-0.05, 0) is 19.9 Å². The molecule has 0 spiro atoms. The van der Waals surface area contributed by atoms with Gasteiger partial charge in [-0.15, -0.1) is 0 Å². The average Bonchev–Trinajstić information content (AvgIpc) is 2.57. The Labute approximate surface area is 147 Å². The summed E-state index contributed by atoms with van der Waals surface area (Å²) in [5.74, 6) is 0.559. The third-order valence-corrected chi connectivity index (χ3v) is 4.50. The number of likely N-dealkylation sites (N-methyl/N-ethyl adjacent to an activating group) is 1. The molecule has 1 aliphatic heterocycles. The molecular formula is C18H25FN4O2. The first-order chi connectivity index (χ1) is 12.0. The summed E-state index contributed by atoms with van der Waals surface area (Å²) in [4.78, 5) is 13.0. The summed E-state index contributed by atoms with van der Waals surface area (Å²) in [5.41, 5.74) is 0.573. The van der Waals surface area contributed by atoms with Crippen molar-refractivity contribution in [3.05, 3.63) is 24.3 Å². The van der Waals surface area contributed by atoms with Crippen LogP contribution in [0.4, 0.5) is 10.2 Å². The van der Waals surface area contributed by atoms with Crippen LogP contribution < -0.4 is 9.64 Å². The van der Waals surface area contributed by atoms with Crippen LogP contribution in [0, 0.1) is 5.82 Å². The van der Waals surface area contributed by atoms with Crippen molar-refractivity contribution in [2.45, 2.75) is 26.1 Å². The van der Waals surface area contributed by atoms with E-state index in [2.05, 4.69) is 33.6 Å². The van der Waals surface area contributed by atoms with Crippen LogP contribution in [0.15, 0.2) is 18.5 Å². The second kappa shape index (κ2) is 7.49. The van der Waals surface area contributed by atoms with E-state index in [0.717, 1.165) is 37.4 Å². The maximum atomic E-state index is 13.9. The molecule has 3 rings (SSSR count). The predicted octanol–water partition coefficient (Wildman–Crippen LogP) is 2.32. The summed E-state index contributed by atoms with van der Waals surface area (Å²) in [5, 5.41) is 0.784. The van der Waals surface area contributed by atoms with Crippen LogP contribution in [0.3, 0.4) is 0 Å². The first-order valence-electron chi connectivity index (χ1n) is 8.55. The summed E-state index contributed by atoms with van der Waals surface area (Å²) in [7, 11) is 3.45. The molecule has 0 radical (unpaired) electrons. The topological polar surface area (TPSA) is 50.7 Å². The van der Waals surface area contributed by atoms with Gasteiger partial charge in [-0.2, -0.15) is 0 Å². The number of nitrogens with zero attached hydrogens (tertiary/aromatic N) is 4. The Morgan fingerprint density at radius 1 is 1.28 bits per heavy atom. The third-order valence-electron chi connectivity index (χ3n) is 4.50. The Morgan fingerprint density at radius 3 is 2.68 bits per heavy atom. The van der Waals surface area contributed by atoms with E-state index in [1.54, 1.807) is 6.07 Å². The van der Waals surface area contributed by atoms with Crippen LogP contribution in [-0.2, 0) is 4.74 Å². The normalized spacial score (nSPS) is 21.5. The van der Waals surface area contributed by atoms with Crippen LogP contribution in [0.25, 0.3) is 10.9 Å². The number of fused-ring (bicyclic) bond motifs is 1. The molecule has 25 heavy (non-hydrogen) atoms. The molecule has 1 aromatic heterocycles. The number of benzene rings is 1. The van der Waals surface area contributed by atoms with Crippen molar-refractivity contribution in [3.8, 4) is 5.75 Å². The number of ether oxygens (including phenoxy) is 2. The second-order valence-electron chi connectivity index (χ2n) is 6.64. The van der Waals surface area contributed by atoms with Crippen LogP contribution in [0.5, 0.6) is 5.75 Å². The smallest absolute Gasteiger partial charge is 0.167 e. The summed E-state index contributed by atoms with van der Waals surface area (Å²) in [6.07, 6.45) is 1.97. The van der Waals surface area contributed by atoms with Crippen molar-refractivity contribution in [3.63, 3.8) is 0 Å². The monoisotopic (exact) mass is 348 g/mol. The molecule has 136 valence electrons. The van der Waals surface area contributed by atoms with E-state index in [0.29, 0.717) is 5.52 Å². The van der Waals surface area contributed by atoms with Gasteiger partial charge in [-0.1, -0.05) is 0 Å². The van der Waals surface area contributed by atoms with Gasteiger partial charge < -0.3 is 14.4 Å². The van der Waals surface area contributed by atoms with E-state index in [-0.39, 0.29) is 18.0 Å². The lowest BCUT2D eigenvalue weighted by Crippen LogP contribution is -2.47.